The van der Waals surface area contributed by atoms with Crippen molar-refractivity contribution >= 4 is 21.4 Å². The summed E-state index contributed by atoms with van der Waals surface area (Å²) >= 11 is 0. The van der Waals surface area contributed by atoms with Crippen LogP contribution in [0.25, 0.3) is 0 Å². The first kappa shape index (κ1) is 25.7. The summed E-state index contributed by atoms with van der Waals surface area (Å²) < 4.78 is 39.9. The van der Waals surface area contributed by atoms with Crippen molar-refractivity contribution in [3.63, 3.8) is 0 Å². The Bertz CT molecular complexity index is 1540. The maximum Gasteiger partial charge on any atom is 0.251 e. The molecule has 0 spiro atoms. The molecule has 0 unspecified atom stereocenters. The van der Waals surface area contributed by atoms with Crippen molar-refractivity contribution in [1.29, 1.82) is 0 Å². The molecule has 1 amide bonds. The lowest BCUT2D eigenvalue weighted by atomic mass is 10.1. The van der Waals surface area contributed by atoms with Gasteiger partial charge in [0.1, 0.15) is 5.82 Å². The van der Waals surface area contributed by atoms with Crippen molar-refractivity contribution < 1.29 is 17.6 Å². The van der Waals surface area contributed by atoms with Gasteiger partial charge in [0.2, 0.25) is 0 Å². The van der Waals surface area contributed by atoms with E-state index in [2.05, 4.69) is 27.4 Å². The number of hydrogen-bond donors (Lipinski definition) is 3. The summed E-state index contributed by atoms with van der Waals surface area (Å²) in [7, 11) is -3.80. The van der Waals surface area contributed by atoms with E-state index in [-0.39, 0.29) is 27.7 Å². The third-order valence-electron chi connectivity index (χ3n) is 5.58. The molecule has 37 heavy (non-hydrogen) atoms. The van der Waals surface area contributed by atoms with Gasteiger partial charge in [0.25, 0.3) is 5.91 Å². The van der Waals surface area contributed by atoms with Crippen LogP contribution in [-0.2, 0) is 22.0 Å². The molecule has 188 valence electrons. The van der Waals surface area contributed by atoms with Crippen molar-refractivity contribution in [1.82, 2.24) is 15.5 Å². The number of rotatable bonds is 8. The standard InChI is InChI=1S/C28H25FN4O3S/c29-25-10-4-20(5-11-25)3-8-23-16-24(28(34)31-15-1-2-22-17-32-33-18-22)9-14-27(23)37(35,36)19-21-6-12-26(30)13-7-21/h4-7,9-14,16-18H,1-2,15,19,30H2,(H,31,34)(H,32,33). The Labute approximate surface area is 214 Å². The number of aryl methyl sites for hydroxylation is 1. The van der Waals surface area contributed by atoms with Gasteiger partial charge in [0.05, 0.1) is 16.8 Å². The Kier molecular flexibility index (Phi) is 8.01. The number of benzene rings is 3. The van der Waals surface area contributed by atoms with Crippen LogP contribution in [0.15, 0.2) is 84.0 Å². The zero-order valence-electron chi connectivity index (χ0n) is 19.9. The molecule has 4 rings (SSSR count). The third kappa shape index (κ3) is 7.06. The fourth-order valence-corrected chi connectivity index (χ4v) is 5.14. The summed E-state index contributed by atoms with van der Waals surface area (Å²) in [4.78, 5) is 12.8. The van der Waals surface area contributed by atoms with Gasteiger partial charge in [-0.3, -0.25) is 9.89 Å². The Balaban J connectivity index is 1.59. The fraction of sp³-hybridized carbons (Fsp3) is 0.143. The molecule has 0 atom stereocenters. The zero-order valence-corrected chi connectivity index (χ0v) is 20.7. The number of aromatic nitrogens is 2. The minimum absolute atomic E-state index is 0.00967. The number of carbonyl (C=O) groups excluding carboxylic acids is 1. The van der Waals surface area contributed by atoms with Crippen LogP contribution in [-0.4, -0.2) is 31.1 Å². The highest BCUT2D eigenvalue weighted by Gasteiger charge is 2.20. The van der Waals surface area contributed by atoms with Crippen LogP contribution in [0, 0.1) is 17.7 Å². The lowest BCUT2D eigenvalue weighted by Gasteiger charge is -2.10. The van der Waals surface area contributed by atoms with Crippen LogP contribution in [0.4, 0.5) is 10.1 Å². The van der Waals surface area contributed by atoms with Crippen LogP contribution in [0.3, 0.4) is 0 Å². The minimum Gasteiger partial charge on any atom is -0.399 e. The van der Waals surface area contributed by atoms with Crippen LogP contribution >= 0.6 is 0 Å². The van der Waals surface area contributed by atoms with E-state index >= 15 is 0 Å². The van der Waals surface area contributed by atoms with Gasteiger partial charge >= 0.3 is 0 Å². The lowest BCUT2D eigenvalue weighted by molar-refractivity contribution is 0.0953. The summed E-state index contributed by atoms with van der Waals surface area (Å²) in [5.74, 6) is 4.75. The number of hydrogen-bond acceptors (Lipinski definition) is 5. The van der Waals surface area contributed by atoms with E-state index < -0.39 is 15.7 Å². The van der Waals surface area contributed by atoms with Crippen LogP contribution in [0.2, 0.25) is 0 Å². The number of carbonyl (C=O) groups is 1. The third-order valence-corrected chi connectivity index (χ3v) is 7.32. The van der Waals surface area contributed by atoms with E-state index in [1.165, 1.54) is 42.5 Å². The largest absolute Gasteiger partial charge is 0.399 e. The van der Waals surface area contributed by atoms with E-state index in [0.29, 0.717) is 23.4 Å². The van der Waals surface area contributed by atoms with Crippen molar-refractivity contribution in [3.8, 4) is 11.8 Å². The molecule has 0 aliphatic heterocycles. The van der Waals surface area contributed by atoms with Gasteiger partial charge in [-0.2, -0.15) is 5.10 Å². The molecule has 1 heterocycles. The van der Waals surface area contributed by atoms with Crippen molar-refractivity contribution in [3.05, 3.63) is 113 Å². The van der Waals surface area contributed by atoms with Crippen molar-refractivity contribution in [2.75, 3.05) is 12.3 Å². The van der Waals surface area contributed by atoms with Gasteiger partial charge < -0.3 is 11.1 Å². The lowest BCUT2D eigenvalue weighted by Crippen LogP contribution is -2.25. The smallest absolute Gasteiger partial charge is 0.251 e. The number of H-pyrrole nitrogens is 1. The maximum atomic E-state index is 13.3. The van der Waals surface area contributed by atoms with Gasteiger partial charge in [-0.25, -0.2) is 12.8 Å². The predicted octanol–water partition coefficient (Wildman–Crippen LogP) is 3.87. The molecule has 0 bridgehead atoms. The van der Waals surface area contributed by atoms with Gasteiger partial charge in [0.15, 0.2) is 9.84 Å². The van der Waals surface area contributed by atoms with Crippen molar-refractivity contribution in [2.24, 2.45) is 0 Å². The molecule has 3 aromatic carbocycles. The number of sulfone groups is 1. The van der Waals surface area contributed by atoms with E-state index in [1.54, 1.807) is 36.7 Å². The maximum absolute atomic E-state index is 13.3. The average molecular weight is 517 g/mol. The molecule has 9 heteroatoms. The monoisotopic (exact) mass is 516 g/mol. The summed E-state index contributed by atoms with van der Waals surface area (Å²) in [5.41, 5.74) is 8.85. The molecule has 1 aromatic heterocycles. The summed E-state index contributed by atoms with van der Waals surface area (Å²) in [5, 5.41) is 9.50. The first-order valence-electron chi connectivity index (χ1n) is 11.5. The first-order chi connectivity index (χ1) is 17.8. The quantitative estimate of drug-likeness (QED) is 0.187. The van der Waals surface area contributed by atoms with Gasteiger partial charge in [-0.05, 0) is 78.6 Å². The van der Waals surface area contributed by atoms with E-state index in [1.807, 2.05) is 0 Å². The predicted molar refractivity (Wildman–Crippen MR) is 140 cm³/mol. The molecule has 7 nitrogen and oxygen atoms in total. The Morgan fingerprint density at radius 2 is 1.76 bits per heavy atom. The van der Waals surface area contributed by atoms with E-state index in [4.69, 9.17) is 5.73 Å². The topological polar surface area (TPSA) is 118 Å². The Hall–Kier alpha value is -4.42. The number of nitrogens with zero attached hydrogens (tertiary/aromatic N) is 1. The number of halogens is 1. The molecule has 4 aromatic rings. The van der Waals surface area contributed by atoms with Gasteiger partial charge in [0, 0.05) is 35.1 Å². The summed E-state index contributed by atoms with van der Waals surface area (Å²) in [6.07, 6.45) is 5.01. The molecule has 0 aliphatic rings. The number of amides is 1. The van der Waals surface area contributed by atoms with Gasteiger partial charge in [-0.1, -0.05) is 24.0 Å². The second kappa shape index (κ2) is 11.5. The molecule has 0 saturated heterocycles. The number of nitrogens with two attached hydrogens (primary N) is 1. The normalized spacial score (nSPS) is 10.9. The van der Waals surface area contributed by atoms with Crippen LogP contribution in [0.5, 0.6) is 0 Å². The second-order valence-corrected chi connectivity index (χ2v) is 10.4. The summed E-state index contributed by atoms with van der Waals surface area (Å²) in [6.45, 7) is 0.442. The van der Waals surface area contributed by atoms with Crippen LogP contribution < -0.4 is 11.1 Å². The van der Waals surface area contributed by atoms with Gasteiger partial charge in [-0.15, -0.1) is 0 Å². The molecule has 4 N–H and O–H groups in total. The summed E-state index contributed by atoms with van der Waals surface area (Å²) in [6, 6.07) is 16.5. The second-order valence-electron chi connectivity index (χ2n) is 8.43. The molecule has 0 saturated carbocycles. The number of anilines is 1. The average Bonchev–Trinajstić information content (AvgIpc) is 3.41. The Morgan fingerprint density at radius 3 is 2.46 bits per heavy atom. The number of nitrogens with one attached hydrogen (secondary N) is 2. The molecule has 0 aliphatic carbocycles. The highest BCUT2D eigenvalue weighted by molar-refractivity contribution is 7.90. The zero-order chi connectivity index (χ0) is 26.3. The number of aromatic amines is 1. The first-order valence-corrected chi connectivity index (χ1v) is 13.2. The molecular weight excluding hydrogens is 491 g/mol. The SMILES string of the molecule is Nc1ccc(CS(=O)(=O)c2ccc(C(=O)NCCCc3cn[nH]c3)cc2C#Cc2ccc(F)cc2)cc1. The molecule has 0 fully saturated rings. The molecular formula is C28H25FN4O3S. The van der Waals surface area contributed by atoms with E-state index in [0.717, 1.165) is 18.4 Å². The molecule has 0 radical (unpaired) electrons. The van der Waals surface area contributed by atoms with E-state index in [9.17, 15) is 17.6 Å². The highest BCUT2D eigenvalue weighted by atomic mass is 32.2. The number of nitrogen functional groups attached to an aromatic ring is 1. The van der Waals surface area contributed by atoms with Crippen molar-refractivity contribution in [2.45, 2.75) is 23.5 Å². The highest BCUT2D eigenvalue weighted by Crippen LogP contribution is 2.22. The van der Waals surface area contributed by atoms with Crippen LogP contribution in [0.1, 0.15) is 39.0 Å². The minimum atomic E-state index is -3.80. The fourth-order valence-electron chi connectivity index (χ4n) is 3.63. The Morgan fingerprint density at radius 1 is 1.00 bits per heavy atom.